The summed E-state index contributed by atoms with van der Waals surface area (Å²) in [4.78, 5) is 10.1. The monoisotopic (exact) mass is 241 g/mol. The SMILES string of the molecule is O=[N+]([O-])c1cccc(N=NCc2ccccc2)c1. The molecule has 0 saturated carbocycles. The van der Waals surface area contributed by atoms with Gasteiger partial charge in [-0.2, -0.15) is 10.2 Å². The number of hydrogen-bond donors (Lipinski definition) is 0. The molecule has 0 bridgehead atoms. The minimum absolute atomic E-state index is 0.0196. The molecule has 0 amide bonds. The van der Waals surface area contributed by atoms with Crippen molar-refractivity contribution in [2.75, 3.05) is 0 Å². The van der Waals surface area contributed by atoms with Gasteiger partial charge in [-0.3, -0.25) is 10.1 Å². The molecule has 0 spiro atoms. The summed E-state index contributed by atoms with van der Waals surface area (Å²) >= 11 is 0. The van der Waals surface area contributed by atoms with Crippen LogP contribution in [0.5, 0.6) is 0 Å². The summed E-state index contributed by atoms with van der Waals surface area (Å²) in [6.07, 6.45) is 0. The molecule has 0 atom stereocenters. The average molecular weight is 241 g/mol. The third-order valence-corrected chi connectivity index (χ3v) is 2.32. The Hall–Kier alpha value is -2.56. The van der Waals surface area contributed by atoms with Gasteiger partial charge in [0.2, 0.25) is 0 Å². The summed E-state index contributed by atoms with van der Waals surface area (Å²) in [5, 5.41) is 18.6. The van der Waals surface area contributed by atoms with Gasteiger partial charge in [0.15, 0.2) is 0 Å². The van der Waals surface area contributed by atoms with Crippen molar-refractivity contribution >= 4 is 11.4 Å². The van der Waals surface area contributed by atoms with Crippen LogP contribution in [-0.4, -0.2) is 4.92 Å². The third-order valence-electron chi connectivity index (χ3n) is 2.32. The summed E-state index contributed by atoms with van der Waals surface area (Å²) in [5.41, 5.74) is 1.55. The maximum absolute atomic E-state index is 10.6. The molecule has 5 nitrogen and oxygen atoms in total. The Morgan fingerprint density at radius 2 is 1.83 bits per heavy atom. The molecule has 18 heavy (non-hydrogen) atoms. The average Bonchev–Trinajstić information content (AvgIpc) is 2.40. The van der Waals surface area contributed by atoms with Crippen molar-refractivity contribution in [1.82, 2.24) is 0 Å². The first-order chi connectivity index (χ1) is 8.75. The fraction of sp³-hybridized carbons (Fsp3) is 0.0769. The Bertz CT molecular complexity index is 567. The van der Waals surface area contributed by atoms with Gasteiger partial charge < -0.3 is 0 Å². The zero-order valence-electron chi connectivity index (χ0n) is 9.56. The number of azo groups is 1. The highest BCUT2D eigenvalue weighted by atomic mass is 16.6. The Kier molecular flexibility index (Phi) is 3.76. The first-order valence-corrected chi connectivity index (χ1v) is 5.41. The summed E-state index contributed by atoms with van der Waals surface area (Å²) in [6, 6.07) is 15.8. The Morgan fingerprint density at radius 1 is 1.06 bits per heavy atom. The van der Waals surface area contributed by atoms with E-state index >= 15 is 0 Å². The molecule has 0 aromatic heterocycles. The molecular weight excluding hydrogens is 230 g/mol. The summed E-state index contributed by atoms with van der Waals surface area (Å²) in [5.74, 6) is 0. The molecule has 0 aliphatic rings. The highest BCUT2D eigenvalue weighted by Crippen LogP contribution is 2.20. The van der Waals surface area contributed by atoms with Crippen LogP contribution in [0.1, 0.15) is 5.56 Å². The standard InChI is InChI=1S/C13H11N3O2/c17-16(18)13-8-4-7-12(9-13)15-14-10-11-5-2-1-3-6-11/h1-9H,10H2. The van der Waals surface area contributed by atoms with E-state index in [0.717, 1.165) is 5.56 Å². The summed E-state index contributed by atoms with van der Waals surface area (Å²) in [6.45, 7) is 0.462. The van der Waals surface area contributed by atoms with Crippen molar-refractivity contribution in [1.29, 1.82) is 0 Å². The van der Waals surface area contributed by atoms with Crippen LogP contribution in [0.3, 0.4) is 0 Å². The van der Waals surface area contributed by atoms with E-state index in [9.17, 15) is 10.1 Å². The van der Waals surface area contributed by atoms with E-state index in [2.05, 4.69) is 10.2 Å². The van der Waals surface area contributed by atoms with Gasteiger partial charge >= 0.3 is 0 Å². The molecular formula is C13H11N3O2. The first kappa shape index (κ1) is 11.9. The fourth-order valence-electron chi connectivity index (χ4n) is 1.45. The van der Waals surface area contributed by atoms with E-state index in [1.807, 2.05) is 30.3 Å². The molecule has 0 radical (unpaired) electrons. The van der Waals surface area contributed by atoms with Crippen LogP contribution in [0, 0.1) is 10.1 Å². The largest absolute Gasteiger partial charge is 0.271 e. The normalized spacial score (nSPS) is 10.7. The number of nitrogens with zero attached hydrogens (tertiary/aromatic N) is 3. The molecule has 0 aliphatic heterocycles. The highest BCUT2D eigenvalue weighted by Gasteiger charge is 2.04. The quantitative estimate of drug-likeness (QED) is 0.463. The van der Waals surface area contributed by atoms with E-state index < -0.39 is 4.92 Å². The van der Waals surface area contributed by atoms with Crippen LogP contribution >= 0.6 is 0 Å². The Morgan fingerprint density at radius 3 is 2.56 bits per heavy atom. The lowest BCUT2D eigenvalue weighted by Gasteiger charge is -1.95. The molecule has 0 aliphatic carbocycles. The first-order valence-electron chi connectivity index (χ1n) is 5.41. The van der Waals surface area contributed by atoms with Crippen LogP contribution in [0.4, 0.5) is 11.4 Å². The fourth-order valence-corrected chi connectivity index (χ4v) is 1.45. The maximum atomic E-state index is 10.6. The van der Waals surface area contributed by atoms with Crippen LogP contribution in [0.15, 0.2) is 64.8 Å². The summed E-state index contributed by atoms with van der Waals surface area (Å²) < 4.78 is 0. The lowest BCUT2D eigenvalue weighted by atomic mass is 10.2. The summed E-state index contributed by atoms with van der Waals surface area (Å²) in [7, 11) is 0. The van der Waals surface area contributed by atoms with E-state index in [0.29, 0.717) is 12.2 Å². The topological polar surface area (TPSA) is 67.9 Å². The molecule has 2 rings (SSSR count). The van der Waals surface area contributed by atoms with Crippen molar-refractivity contribution in [2.24, 2.45) is 10.2 Å². The lowest BCUT2D eigenvalue weighted by Crippen LogP contribution is -1.85. The zero-order valence-corrected chi connectivity index (χ0v) is 9.56. The maximum Gasteiger partial charge on any atom is 0.271 e. The van der Waals surface area contributed by atoms with Gasteiger partial charge in [-0.1, -0.05) is 36.4 Å². The van der Waals surface area contributed by atoms with Gasteiger partial charge in [0.1, 0.15) is 0 Å². The van der Waals surface area contributed by atoms with E-state index in [4.69, 9.17) is 0 Å². The molecule has 0 unspecified atom stereocenters. The lowest BCUT2D eigenvalue weighted by molar-refractivity contribution is -0.384. The van der Waals surface area contributed by atoms with Gasteiger partial charge in [-0.15, -0.1) is 0 Å². The number of nitro groups is 1. The Labute approximate surface area is 104 Å². The van der Waals surface area contributed by atoms with Crippen LogP contribution in [0.2, 0.25) is 0 Å². The zero-order chi connectivity index (χ0) is 12.8. The van der Waals surface area contributed by atoms with Crippen LogP contribution < -0.4 is 0 Å². The number of hydrogen-bond acceptors (Lipinski definition) is 4. The predicted octanol–water partition coefficient (Wildman–Crippen LogP) is 3.88. The van der Waals surface area contributed by atoms with Crippen LogP contribution in [-0.2, 0) is 6.54 Å². The molecule has 0 saturated heterocycles. The number of benzene rings is 2. The van der Waals surface area contributed by atoms with Gasteiger partial charge in [0.05, 0.1) is 17.2 Å². The number of nitro benzene ring substituents is 1. The molecule has 0 heterocycles. The molecule has 90 valence electrons. The third kappa shape index (κ3) is 3.21. The van der Waals surface area contributed by atoms with Gasteiger partial charge in [-0.25, -0.2) is 0 Å². The van der Waals surface area contributed by atoms with E-state index in [-0.39, 0.29) is 5.69 Å². The number of rotatable bonds is 4. The van der Waals surface area contributed by atoms with E-state index in [1.54, 1.807) is 12.1 Å². The van der Waals surface area contributed by atoms with Gasteiger partial charge in [-0.05, 0) is 11.6 Å². The predicted molar refractivity (Wildman–Crippen MR) is 67.8 cm³/mol. The van der Waals surface area contributed by atoms with E-state index in [1.165, 1.54) is 12.1 Å². The molecule has 0 N–H and O–H groups in total. The van der Waals surface area contributed by atoms with Gasteiger partial charge in [0, 0.05) is 12.1 Å². The molecule has 0 fully saturated rings. The number of non-ortho nitro benzene ring substituents is 1. The molecule has 5 heteroatoms. The van der Waals surface area contributed by atoms with Crippen molar-refractivity contribution in [3.8, 4) is 0 Å². The molecule has 2 aromatic rings. The molecule has 2 aromatic carbocycles. The smallest absolute Gasteiger partial charge is 0.258 e. The Balaban J connectivity index is 2.05. The second-order valence-corrected chi connectivity index (χ2v) is 3.66. The van der Waals surface area contributed by atoms with Crippen molar-refractivity contribution in [2.45, 2.75) is 6.54 Å². The van der Waals surface area contributed by atoms with Crippen molar-refractivity contribution in [3.63, 3.8) is 0 Å². The highest BCUT2D eigenvalue weighted by molar-refractivity contribution is 5.46. The minimum Gasteiger partial charge on any atom is -0.258 e. The second kappa shape index (κ2) is 5.67. The second-order valence-electron chi connectivity index (χ2n) is 3.66. The minimum atomic E-state index is -0.448. The van der Waals surface area contributed by atoms with Crippen molar-refractivity contribution in [3.05, 3.63) is 70.3 Å². The van der Waals surface area contributed by atoms with Crippen LogP contribution in [0.25, 0.3) is 0 Å². The van der Waals surface area contributed by atoms with Crippen molar-refractivity contribution < 1.29 is 4.92 Å². The van der Waals surface area contributed by atoms with Gasteiger partial charge in [0.25, 0.3) is 5.69 Å².